The van der Waals surface area contributed by atoms with Gasteiger partial charge in [-0.2, -0.15) is 4.98 Å². The molecule has 4 nitrogen and oxygen atoms in total. The molecule has 3 rings (SSSR count). The van der Waals surface area contributed by atoms with Crippen molar-refractivity contribution < 1.29 is 0 Å². The molecule has 1 N–H and O–H groups in total. The fourth-order valence-electron chi connectivity index (χ4n) is 1.73. The Hall–Kier alpha value is -1.40. The number of nitrogens with one attached hydrogen (secondary N) is 1. The first-order chi connectivity index (χ1) is 8.72. The number of rotatable bonds is 3. The molecule has 0 unspecified atom stereocenters. The van der Waals surface area contributed by atoms with E-state index >= 15 is 0 Å². The van der Waals surface area contributed by atoms with E-state index in [1.54, 1.807) is 15.9 Å². The Labute approximate surface area is 117 Å². The van der Waals surface area contributed by atoms with Crippen molar-refractivity contribution in [3.63, 3.8) is 0 Å². The largest absolute Gasteiger partial charge is 0.348 e. The highest BCUT2D eigenvalue weighted by molar-refractivity contribution is 9.10. The highest BCUT2D eigenvalue weighted by Gasteiger charge is 2.05. The minimum Gasteiger partial charge on any atom is -0.348 e. The van der Waals surface area contributed by atoms with Crippen LogP contribution in [0.15, 0.2) is 34.2 Å². The Balaban J connectivity index is 1.81. The van der Waals surface area contributed by atoms with Gasteiger partial charge in [-0.25, -0.2) is 4.52 Å². The van der Waals surface area contributed by atoms with Crippen LogP contribution < -0.4 is 5.32 Å². The maximum atomic E-state index is 4.47. The Morgan fingerprint density at radius 2 is 2.39 bits per heavy atom. The summed E-state index contributed by atoms with van der Waals surface area (Å²) in [5.74, 6) is 0.661. The van der Waals surface area contributed by atoms with Crippen LogP contribution in [0.3, 0.4) is 0 Å². The summed E-state index contributed by atoms with van der Waals surface area (Å²) in [7, 11) is 0. The molecule has 0 saturated carbocycles. The van der Waals surface area contributed by atoms with E-state index < -0.39 is 0 Å². The molecular formula is C12H11BrN4S. The molecule has 3 aromatic rings. The molecule has 0 aliphatic carbocycles. The van der Waals surface area contributed by atoms with E-state index in [2.05, 4.69) is 42.8 Å². The number of halogens is 1. The second kappa shape index (κ2) is 4.70. The van der Waals surface area contributed by atoms with Crippen LogP contribution in [0.5, 0.6) is 0 Å². The molecule has 3 heterocycles. The third kappa shape index (κ3) is 2.26. The number of nitrogens with zero attached hydrogens (tertiary/aromatic N) is 3. The lowest BCUT2D eigenvalue weighted by molar-refractivity contribution is 0.948. The SMILES string of the molecule is Cc1cccn2nc(NCc3cc(Br)cs3)nc12. The predicted octanol–water partition coefficient (Wildman–Crippen LogP) is 3.47. The molecular weight excluding hydrogens is 312 g/mol. The Morgan fingerprint density at radius 1 is 1.50 bits per heavy atom. The number of pyridine rings is 1. The van der Waals surface area contributed by atoms with E-state index in [1.165, 1.54) is 4.88 Å². The number of fused-ring (bicyclic) bond motifs is 1. The van der Waals surface area contributed by atoms with Crippen LogP contribution >= 0.6 is 27.3 Å². The third-order valence-electron chi connectivity index (χ3n) is 2.60. The van der Waals surface area contributed by atoms with Crippen molar-refractivity contribution in [1.29, 1.82) is 0 Å². The van der Waals surface area contributed by atoms with Gasteiger partial charge >= 0.3 is 0 Å². The van der Waals surface area contributed by atoms with Crippen molar-refractivity contribution in [2.24, 2.45) is 0 Å². The van der Waals surface area contributed by atoms with Crippen molar-refractivity contribution in [2.75, 3.05) is 5.32 Å². The molecule has 0 atom stereocenters. The Kier molecular flexibility index (Phi) is 3.05. The first kappa shape index (κ1) is 11.7. The van der Waals surface area contributed by atoms with Gasteiger partial charge in [-0.15, -0.1) is 16.4 Å². The molecule has 0 radical (unpaired) electrons. The van der Waals surface area contributed by atoms with Crippen LogP contribution in [-0.2, 0) is 6.54 Å². The highest BCUT2D eigenvalue weighted by atomic mass is 79.9. The third-order valence-corrected chi connectivity index (χ3v) is 4.30. The first-order valence-corrected chi connectivity index (χ1v) is 7.18. The van der Waals surface area contributed by atoms with Gasteiger partial charge in [0, 0.05) is 20.9 Å². The smallest absolute Gasteiger partial charge is 0.243 e. The number of hydrogen-bond donors (Lipinski definition) is 1. The molecule has 6 heteroatoms. The Morgan fingerprint density at radius 3 is 3.11 bits per heavy atom. The van der Waals surface area contributed by atoms with Gasteiger partial charge in [0.2, 0.25) is 5.95 Å². The molecule has 0 spiro atoms. The summed E-state index contributed by atoms with van der Waals surface area (Å²) in [6, 6.07) is 6.10. The normalized spacial score (nSPS) is 11.0. The minimum absolute atomic E-state index is 0.661. The summed E-state index contributed by atoms with van der Waals surface area (Å²) >= 11 is 5.15. The average molecular weight is 323 g/mol. The van der Waals surface area contributed by atoms with Crippen LogP contribution in [0.1, 0.15) is 10.4 Å². The van der Waals surface area contributed by atoms with Gasteiger partial charge in [-0.3, -0.25) is 0 Å². The summed E-state index contributed by atoms with van der Waals surface area (Å²) in [5, 5.41) is 9.69. The zero-order chi connectivity index (χ0) is 12.5. The van der Waals surface area contributed by atoms with Crippen LogP contribution in [0.2, 0.25) is 0 Å². The van der Waals surface area contributed by atoms with Gasteiger partial charge in [0.25, 0.3) is 0 Å². The molecule has 0 aliphatic heterocycles. The lowest BCUT2D eigenvalue weighted by atomic mass is 10.3. The zero-order valence-corrected chi connectivity index (χ0v) is 12.1. The van der Waals surface area contributed by atoms with E-state index in [1.807, 2.05) is 25.3 Å². The van der Waals surface area contributed by atoms with Gasteiger partial charge in [-0.1, -0.05) is 6.07 Å². The Bertz CT molecular complexity index is 688. The maximum Gasteiger partial charge on any atom is 0.243 e. The maximum absolute atomic E-state index is 4.47. The van der Waals surface area contributed by atoms with Crippen molar-refractivity contribution in [3.8, 4) is 0 Å². The van der Waals surface area contributed by atoms with Gasteiger partial charge < -0.3 is 5.32 Å². The van der Waals surface area contributed by atoms with E-state index in [9.17, 15) is 0 Å². The molecule has 92 valence electrons. The topological polar surface area (TPSA) is 42.2 Å². The standard InChI is InChI=1S/C12H11BrN4S/c1-8-3-2-4-17-11(8)15-12(16-17)14-6-10-5-9(13)7-18-10/h2-5,7H,6H2,1H3,(H,14,16). The lowest BCUT2D eigenvalue weighted by Gasteiger charge is -1.96. The zero-order valence-electron chi connectivity index (χ0n) is 9.72. The van der Waals surface area contributed by atoms with E-state index in [0.717, 1.165) is 22.2 Å². The number of thiophene rings is 1. The molecule has 0 amide bonds. The molecule has 0 saturated heterocycles. The van der Waals surface area contributed by atoms with Crippen molar-refractivity contribution in [3.05, 3.63) is 44.7 Å². The van der Waals surface area contributed by atoms with Crippen LogP contribution in [0.4, 0.5) is 5.95 Å². The van der Waals surface area contributed by atoms with Crippen LogP contribution in [-0.4, -0.2) is 14.6 Å². The minimum atomic E-state index is 0.661. The number of hydrogen-bond acceptors (Lipinski definition) is 4. The van der Waals surface area contributed by atoms with E-state index in [4.69, 9.17) is 0 Å². The molecule has 0 aliphatic rings. The van der Waals surface area contributed by atoms with Crippen LogP contribution in [0.25, 0.3) is 5.65 Å². The van der Waals surface area contributed by atoms with E-state index in [0.29, 0.717) is 5.95 Å². The fraction of sp³-hybridized carbons (Fsp3) is 0.167. The second-order valence-electron chi connectivity index (χ2n) is 3.98. The van der Waals surface area contributed by atoms with Crippen molar-refractivity contribution in [2.45, 2.75) is 13.5 Å². The second-order valence-corrected chi connectivity index (χ2v) is 5.89. The molecule has 3 aromatic heterocycles. The van der Waals surface area contributed by atoms with Gasteiger partial charge in [-0.05, 0) is 40.5 Å². The predicted molar refractivity (Wildman–Crippen MR) is 77.1 cm³/mol. The number of aromatic nitrogens is 3. The number of aryl methyl sites for hydroxylation is 1. The van der Waals surface area contributed by atoms with Crippen molar-refractivity contribution >= 4 is 38.9 Å². The average Bonchev–Trinajstić information content (AvgIpc) is 2.93. The van der Waals surface area contributed by atoms with Gasteiger partial charge in [0.15, 0.2) is 5.65 Å². The lowest BCUT2D eigenvalue weighted by Crippen LogP contribution is -1.99. The molecule has 0 fully saturated rings. The summed E-state index contributed by atoms with van der Waals surface area (Å²) in [4.78, 5) is 5.72. The summed E-state index contributed by atoms with van der Waals surface area (Å²) < 4.78 is 2.91. The van der Waals surface area contributed by atoms with Crippen molar-refractivity contribution in [1.82, 2.24) is 14.6 Å². The van der Waals surface area contributed by atoms with Crippen LogP contribution in [0, 0.1) is 6.92 Å². The molecule has 0 aromatic carbocycles. The quantitative estimate of drug-likeness (QED) is 0.802. The summed E-state index contributed by atoms with van der Waals surface area (Å²) in [6.45, 7) is 2.77. The number of anilines is 1. The molecule has 18 heavy (non-hydrogen) atoms. The first-order valence-electron chi connectivity index (χ1n) is 5.51. The van der Waals surface area contributed by atoms with Gasteiger partial charge in [0.05, 0.1) is 6.54 Å². The summed E-state index contributed by atoms with van der Waals surface area (Å²) in [6.07, 6.45) is 1.91. The van der Waals surface area contributed by atoms with E-state index in [-0.39, 0.29) is 0 Å². The molecule has 0 bridgehead atoms. The highest BCUT2D eigenvalue weighted by Crippen LogP contribution is 2.20. The summed E-state index contributed by atoms with van der Waals surface area (Å²) in [5.41, 5.74) is 2.02. The monoisotopic (exact) mass is 322 g/mol. The van der Waals surface area contributed by atoms with Gasteiger partial charge in [0.1, 0.15) is 0 Å². The fourth-order valence-corrected chi connectivity index (χ4v) is 3.12.